The highest BCUT2D eigenvalue weighted by Crippen LogP contribution is 2.52. The van der Waals surface area contributed by atoms with Crippen LogP contribution in [0.15, 0.2) is 60.8 Å². The molecule has 0 saturated carbocycles. The van der Waals surface area contributed by atoms with E-state index in [0.717, 1.165) is 12.1 Å². The summed E-state index contributed by atoms with van der Waals surface area (Å²) in [6.45, 7) is 3.09. The highest BCUT2D eigenvalue weighted by Gasteiger charge is 2.53. The van der Waals surface area contributed by atoms with E-state index < -0.39 is 77.1 Å². The maximum Gasteiger partial charge on any atom is 0.435 e. The zero-order valence-corrected chi connectivity index (χ0v) is 27.9. The van der Waals surface area contributed by atoms with Crippen molar-refractivity contribution in [1.29, 1.82) is 0 Å². The smallest absolute Gasteiger partial charge is 0.383 e. The van der Waals surface area contributed by atoms with Crippen molar-refractivity contribution in [2.24, 2.45) is 0 Å². The maximum atomic E-state index is 15.1. The summed E-state index contributed by atoms with van der Waals surface area (Å²) in [6, 6.07) is 11.5. The first kappa shape index (κ1) is 36.3. The van der Waals surface area contributed by atoms with Gasteiger partial charge in [0.15, 0.2) is 5.69 Å². The summed E-state index contributed by atoms with van der Waals surface area (Å²) in [5.41, 5.74) is 2.77. The molecular weight excluding hydrogens is 693 g/mol. The van der Waals surface area contributed by atoms with Crippen LogP contribution in [0.5, 0.6) is 0 Å². The predicted octanol–water partition coefficient (Wildman–Crippen LogP) is 7.19. The van der Waals surface area contributed by atoms with E-state index in [1.807, 2.05) is 0 Å². The Kier molecular flexibility index (Phi) is 9.25. The van der Waals surface area contributed by atoms with Gasteiger partial charge in [-0.1, -0.05) is 31.0 Å². The summed E-state index contributed by atoms with van der Waals surface area (Å²) in [5, 5.41) is 17.5. The van der Waals surface area contributed by atoms with Gasteiger partial charge in [-0.15, -0.1) is 0 Å². The van der Waals surface area contributed by atoms with E-state index in [1.165, 1.54) is 27.0 Å². The molecule has 8 nitrogen and oxygen atoms in total. The van der Waals surface area contributed by atoms with Crippen molar-refractivity contribution in [2.75, 3.05) is 5.73 Å². The Balaban J connectivity index is 1.50. The van der Waals surface area contributed by atoms with Gasteiger partial charge in [-0.05, 0) is 79.0 Å². The number of amides is 1. The molecule has 1 aliphatic rings. The van der Waals surface area contributed by atoms with Gasteiger partial charge in [-0.2, -0.15) is 27.1 Å². The molecule has 0 fully saturated rings. The van der Waals surface area contributed by atoms with Crippen molar-refractivity contribution in [3.05, 3.63) is 106 Å². The molecule has 0 spiro atoms. The molecule has 3 aromatic heterocycles. The summed E-state index contributed by atoms with van der Waals surface area (Å²) in [6.07, 6.45) is -4.78. The molecule has 5 aromatic rings. The second kappa shape index (κ2) is 13.2. The Morgan fingerprint density at radius 2 is 1.79 bits per heavy atom. The lowest BCUT2D eigenvalue weighted by Crippen LogP contribution is -2.35. The fraction of sp³-hybridized carbons (Fsp3) is 0.297. The third-order valence-electron chi connectivity index (χ3n) is 8.53. The third kappa shape index (κ3) is 7.43. The molecule has 0 saturated heterocycles. The molecule has 270 valence electrons. The van der Waals surface area contributed by atoms with Crippen LogP contribution in [-0.2, 0) is 29.9 Å². The van der Waals surface area contributed by atoms with Gasteiger partial charge < -0.3 is 16.2 Å². The van der Waals surface area contributed by atoms with E-state index in [0.29, 0.717) is 32.6 Å². The Hall–Kier alpha value is -5.49. The molecule has 0 radical (unpaired) electrons. The molecule has 4 N–H and O–H groups in total. The van der Waals surface area contributed by atoms with Gasteiger partial charge in [0.25, 0.3) is 5.92 Å². The van der Waals surface area contributed by atoms with Crippen molar-refractivity contribution in [2.45, 2.75) is 69.8 Å². The monoisotopic (exact) mass is 724 g/mol. The van der Waals surface area contributed by atoms with E-state index >= 15 is 8.78 Å². The number of nitrogen functional groups attached to an aromatic ring is 1. The molecule has 6 rings (SSSR count). The molecule has 0 bridgehead atoms. The van der Waals surface area contributed by atoms with Crippen LogP contribution >= 0.6 is 0 Å². The van der Waals surface area contributed by atoms with E-state index in [2.05, 4.69) is 32.2 Å². The summed E-state index contributed by atoms with van der Waals surface area (Å²) >= 11 is 0. The second-order valence-electron chi connectivity index (χ2n) is 13.2. The standard InChI is InChI=1S/C37H31F7N6O2/c1-19-17-36(40,41)33-30(19)32(37(42,43)44)49-50(33)18-29(51)48-28(15-20-13-21(38)16-22(39)14-20)31-26(8-7-23(47-31)9-11-35(2,3)52)24-5-4-6-27-25(24)10-12-46-34(27)45/h4-8,10,12-14,16,19,28,52H,15,17-18H2,1-3H3,(H2,45,46)(H,48,51)/t19-,28-/m0/s1. The lowest BCUT2D eigenvalue weighted by molar-refractivity contribution is -0.142. The summed E-state index contributed by atoms with van der Waals surface area (Å²) in [5.74, 6) is -2.13. The van der Waals surface area contributed by atoms with Gasteiger partial charge in [0.2, 0.25) is 5.91 Å². The van der Waals surface area contributed by atoms with Gasteiger partial charge in [-0.25, -0.2) is 18.7 Å². The number of fused-ring (bicyclic) bond motifs is 2. The van der Waals surface area contributed by atoms with Crippen LogP contribution in [0.4, 0.5) is 36.6 Å². The van der Waals surface area contributed by atoms with Crippen molar-refractivity contribution < 1.29 is 40.6 Å². The van der Waals surface area contributed by atoms with Gasteiger partial charge in [0.1, 0.15) is 41.0 Å². The van der Waals surface area contributed by atoms with Crippen LogP contribution in [0.25, 0.3) is 21.9 Å². The van der Waals surface area contributed by atoms with Gasteiger partial charge in [-0.3, -0.25) is 9.48 Å². The Morgan fingerprint density at radius 3 is 2.46 bits per heavy atom. The Morgan fingerprint density at radius 1 is 1.08 bits per heavy atom. The lowest BCUT2D eigenvalue weighted by Gasteiger charge is -2.23. The Labute approximate surface area is 292 Å². The van der Waals surface area contributed by atoms with Crippen molar-refractivity contribution in [1.82, 2.24) is 25.1 Å². The largest absolute Gasteiger partial charge is 0.435 e. The minimum Gasteiger partial charge on any atom is -0.383 e. The number of carbonyl (C=O) groups is 1. The van der Waals surface area contributed by atoms with Crippen LogP contribution in [0.2, 0.25) is 0 Å². The molecule has 52 heavy (non-hydrogen) atoms. The molecule has 0 unspecified atom stereocenters. The quantitative estimate of drug-likeness (QED) is 0.121. The van der Waals surface area contributed by atoms with Crippen LogP contribution < -0.4 is 11.1 Å². The summed E-state index contributed by atoms with van der Waals surface area (Å²) in [7, 11) is 0. The number of alkyl halides is 5. The fourth-order valence-corrected chi connectivity index (χ4v) is 6.51. The minimum atomic E-state index is -5.06. The molecule has 0 aliphatic heterocycles. The average Bonchev–Trinajstić information content (AvgIpc) is 3.54. The first-order valence-electron chi connectivity index (χ1n) is 16.0. The van der Waals surface area contributed by atoms with Crippen molar-refractivity contribution in [3.63, 3.8) is 0 Å². The number of rotatable bonds is 7. The number of nitrogens with two attached hydrogens (primary N) is 1. The van der Waals surface area contributed by atoms with E-state index in [9.17, 15) is 31.9 Å². The maximum absolute atomic E-state index is 15.1. The topological polar surface area (TPSA) is 119 Å². The molecule has 1 amide bonds. The highest BCUT2D eigenvalue weighted by molar-refractivity contribution is 6.01. The number of hydrogen-bond acceptors (Lipinski definition) is 6. The van der Waals surface area contributed by atoms with Gasteiger partial charge in [0.05, 0.1) is 11.7 Å². The molecule has 1 aliphatic carbocycles. The number of hydrogen-bond donors (Lipinski definition) is 3. The molecule has 3 heterocycles. The van der Waals surface area contributed by atoms with Crippen molar-refractivity contribution >= 4 is 22.5 Å². The predicted molar refractivity (Wildman–Crippen MR) is 178 cm³/mol. The average molecular weight is 725 g/mol. The van der Waals surface area contributed by atoms with E-state index in [-0.39, 0.29) is 29.2 Å². The summed E-state index contributed by atoms with van der Waals surface area (Å²) in [4.78, 5) is 22.6. The number of benzene rings is 2. The fourth-order valence-electron chi connectivity index (χ4n) is 6.51. The van der Waals surface area contributed by atoms with Crippen molar-refractivity contribution in [3.8, 4) is 23.0 Å². The van der Waals surface area contributed by atoms with E-state index in [4.69, 9.17) is 5.73 Å². The number of carbonyl (C=O) groups excluding carboxylic acids is 1. The van der Waals surface area contributed by atoms with Gasteiger partial charge >= 0.3 is 6.18 Å². The zero-order valence-electron chi connectivity index (χ0n) is 27.9. The van der Waals surface area contributed by atoms with Gasteiger partial charge in [0, 0.05) is 35.2 Å². The second-order valence-corrected chi connectivity index (χ2v) is 13.2. The van der Waals surface area contributed by atoms with Crippen LogP contribution in [0, 0.1) is 23.5 Å². The summed E-state index contributed by atoms with van der Waals surface area (Å²) < 4.78 is 101. The molecule has 2 aromatic carbocycles. The van der Waals surface area contributed by atoms with E-state index in [1.54, 1.807) is 36.4 Å². The normalized spacial score (nSPS) is 15.9. The first-order chi connectivity index (χ1) is 24.3. The number of anilines is 1. The number of aromatic nitrogens is 4. The number of aliphatic hydroxyl groups is 1. The SMILES string of the molecule is C[C@H]1CC(F)(F)c2c1c(C(F)(F)F)nn2CC(=O)N[C@@H](Cc1cc(F)cc(F)c1)c1nc(C#CC(C)(C)O)ccc1-c1cccc2c(N)nccc12. The minimum absolute atomic E-state index is 0.0644. The first-order valence-corrected chi connectivity index (χ1v) is 16.0. The van der Waals surface area contributed by atoms with Crippen LogP contribution in [0.3, 0.4) is 0 Å². The third-order valence-corrected chi connectivity index (χ3v) is 8.53. The lowest BCUT2D eigenvalue weighted by atomic mass is 9.92. The zero-order chi connectivity index (χ0) is 37.7. The number of nitrogens with zero attached hydrogens (tertiary/aromatic N) is 4. The molecular formula is C37H31F7N6O2. The van der Waals surface area contributed by atoms with Crippen LogP contribution in [-0.4, -0.2) is 36.4 Å². The number of nitrogens with one attached hydrogen (secondary N) is 1. The molecule has 2 atom stereocenters. The number of halogens is 7. The molecule has 15 heteroatoms. The highest BCUT2D eigenvalue weighted by atomic mass is 19.4. The Bertz CT molecular complexity index is 2250. The number of pyridine rings is 2. The van der Waals surface area contributed by atoms with Crippen LogP contribution in [0.1, 0.15) is 73.1 Å².